The number of unbranched alkanes of at least 4 members (excludes halogenated alkanes) is 1. The third-order valence-electron chi connectivity index (χ3n) is 6.59. The molecule has 13 heteroatoms. The zero-order chi connectivity index (χ0) is 32.1. The number of carbonyl (C=O) groups is 4. The van der Waals surface area contributed by atoms with E-state index in [4.69, 9.17) is 11.2 Å². The van der Waals surface area contributed by atoms with Gasteiger partial charge in [-0.1, -0.05) is 12.1 Å². The molecule has 1 aromatic heterocycles. The van der Waals surface area contributed by atoms with Crippen LogP contribution in [0.5, 0.6) is 0 Å². The van der Waals surface area contributed by atoms with E-state index in [1.54, 1.807) is 20.7 Å². The summed E-state index contributed by atoms with van der Waals surface area (Å²) in [4.78, 5) is 52.9. The minimum absolute atomic E-state index is 0.0685. The van der Waals surface area contributed by atoms with Gasteiger partial charge >= 0.3 is 5.97 Å². The van der Waals surface area contributed by atoms with E-state index < -0.39 is 0 Å². The van der Waals surface area contributed by atoms with Crippen LogP contribution >= 0.6 is 0 Å². The van der Waals surface area contributed by atoms with Crippen LogP contribution in [0.25, 0.3) is 0 Å². The molecule has 0 saturated carbocycles. The summed E-state index contributed by atoms with van der Waals surface area (Å²) in [7, 11) is 6.10. The number of aryl methyl sites for hydroxylation is 2. The van der Waals surface area contributed by atoms with E-state index in [1.807, 2.05) is 28.1 Å². The first-order chi connectivity index (χ1) is 20.5. The fourth-order valence-corrected chi connectivity index (χ4v) is 4.08. The summed E-state index contributed by atoms with van der Waals surface area (Å²) in [5, 5.41) is 20.5. The number of aliphatic hydroxyl groups excluding tert-OH is 1. The van der Waals surface area contributed by atoms with Gasteiger partial charge in [-0.2, -0.15) is 0 Å². The molecule has 0 aromatic carbocycles. The molecule has 1 aromatic rings. The maximum atomic E-state index is 13.2. The van der Waals surface area contributed by atoms with Gasteiger partial charge in [0.25, 0.3) is 0 Å². The number of nitrogens with zero attached hydrogens (tertiary/aromatic N) is 6. The molecule has 0 radical (unpaired) electrons. The Kier molecular flexibility index (Phi) is 18.5. The minimum atomic E-state index is -0.283. The third-order valence-corrected chi connectivity index (χ3v) is 6.59. The standard InChI is InChI=1S/C30H51N7O6/c1-6-8-9-13-28(40)35(21-23-38)20-19-34(18-16-31-27(39)11-7-2)29(41)14-10-12-26-25-36(33-32-26)17-15-30(42)43-24-22-37(3,4)5/h1,25,38H,7-24H2,2-5H3/p+1. The number of ether oxygens (including phenoxy) is 1. The van der Waals surface area contributed by atoms with Gasteiger partial charge in [0, 0.05) is 64.6 Å². The van der Waals surface area contributed by atoms with E-state index in [0.29, 0.717) is 62.8 Å². The van der Waals surface area contributed by atoms with Crippen LogP contribution in [0, 0.1) is 12.3 Å². The molecule has 0 saturated heterocycles. The van der Waals surface area contributed by atoms with Crippen LogP contribution in [0.2, 0.25) is 0 Å². The van der Waals surface area contributed by atoms with Crippen molar-refractivity contribution in [2.45, 2.75) is 71.3 Å². The van der Waals surface area contributed by atoms with E-state index in [-0.39, 0.29) is 69.2 Å². The van der Waals surface area contributed by atoms with Crippen LogP contribution in [0.4, 0.5) is 0 Å². The lowest BCUT2D eigenvalue weighted by Gasteiger charge is -2.28. The SMILES string of the molecule is C#CCCCC(=O)N(CCO)CCN(CCNC(=O)CCC)C(=O)CCCc1cn(CCC(=O)OCC[N+](C)(C)C)nn1. The van der Waals surface area contributed by atoms with Crippen molar-refractivity contribution in [2.75, 3.05) is 73.6 Å². The molecule has 1 heterocycles. The van der Waals surface area contributed by atoms with Gasteiger partial charge in [0.05, 0.1) is 46.4 Å². The molecule has 13 nitrogen and oxygen atoms in total. The van der Waals surface area contributed by atoms with Crippen LogP contribution < -0.4 is 5.32 Å². The van der Waals surface area contributed by atoms with Gasteiger partial charge in [0.15, 0.2) is 0 Å². The van der Waals surface area contributed by atoms with E-state index >= 15 is 0 Å². The second-order valence-electron chi connectivity index (χ2n) is 11.5. The fourth-order valence-electron chi connectivity index (χ4n) is 4.08. The number of amides is 3. The number of esters is 1. The van der Waals surface area contributed by atoms with E-state index in [0.717, 1.165) is 18.7 Å². The normalized spacial score (nSPS) is 11.1. The minimum Gasteiger partial charge on any atom is -0.460 e. The van der Waals surface area contributed by atoms with Crippen molar-refractivity contribution in [3.05, 3.63) is 11.9 Å². The Morgan fingerprint density at radius 2 is 1.70 bits per heavy atom. The molecule has 1 rings (SSSR count). The average molecular weight is 607 g/mol. The van der Waals surface area contributed by atoms with Gasteiger partial charge < -0.3 is 29.4 Å². The number of aliphatic hydroxyl groups is 1. The molecule has 0 aliphatic rings. The monoisotopic (exact) mass is 606 g/mol. The predicted octanol–water partition coefficient (Wildman–Crippen LogP) is 0.610. The summed E-state index contributed by atoms with van der Waals surface area (Å²) in [6, 6.07) is 0. The summed E-state index contributed by atoms with van der Waals surface area (Å²) in [6.07, 6.45) is 11.1. The Bertz CT molecular complexity index is 1030. The number of quaternary nitrogens is 1. The first-order valence-corrected chi connectivity index (χ1v) is 15.2. The molecule has 3 amide bonds. The topological polar surface area (TPSA) is 147 Å². The van der Waals surface area contributed by atoms with Gasteiger partial charge in [-0.25, -0.2) is 0 Å². The van der Waals surface area contributed by atoms with Crippen molar-refractivity contribution in [1.29, 1.82) is 0 Å². The molecular formula is C30H52N7O6+. The zero-order valence-electron chi connectivity index (χ0n) is 26.6. The lowest BCUT2D eigenvalue weighted by molar-refractivity contribution is -0.870. The van der Waals surface area contributed by atoms with Crippen molar-refractivity contribution < 1.29 is 33.5 Å². The Morgan fingerprint density at radius 3 is 2.33 bits per heavy atom. The van der Waals surface area contributed by atoms with Crippen molar-refractivity contribution in [1.82, 2.24) is 30.1 Å². The summed E-state index contributed by atoms with van der Waals surface area (Å²) in [5.74, 6) is 1.95. The van der Waals surface area contributed by atoms with Crippen LogP contribution in [-0.2, 0) is 36.9 Å². The number of nitrogens with one attached hydrogen (secondary N) is 1. The highest BCUT2D eigenvalue weighted by molar-refractivity contribution is 5.78. The summed E-state index contributed by atoms with van der Waals surface area (Å²) in [5.41, 5.74) is 0.719. The molecule has 0 atom stereocenters. The highest BCUT2D eigenvalue weighted by Crippen LogP contribution is 2.07. The maximum absolute atomic E-state index is 13.2. The summed E-state index contributed by atoms with van der Waals surface area (Å²) >= 11 is 0. The largest absolute Gasteiger partial charge is 0.460 e. The molecule has 0 aliphatic carbocycles. The molecule has 2 N–H and O–H groups in total. The second-order valence-corrected chi connectivity index (χ2v) is 11.5. The number of rotatable bonds is 23. The molecule has 0 bridgehead atoms. The molecule has 242 valence electrons. The van der Waals surface area contributed by atoms with E-state index in [2.05, 4.69) is 21.5 Å². The second kappa shape index (κ2) is 21.2. The highest BCUT2D eigenvalue weighted by atomic mass is 16.5. The summed E-state index contributed by atoms with van der Waals surface area (Å²) in [6.45, 7) is 4.55. The van der Waals surface area contributed by atoms with Gasteiger partial charge in [-0.3, -0.25) is 23.9 Å². The third kappa shape index (κ3) is 17.9. The Balaban J connectivity index is 2.62. The van der Waals surface area contributed by atoms with Gasteiger partial charge in [0.1, 0.15) is 13.2 Å². The molecular weight excluding hydrogens is 554 g/mol. The van der Waals surface area contributed by atoms with Gasteiger partial charge in [-0.05, 0) is 25.7 Å². The van der Waals surface area contributed by atoms with Crippen molar-refractivity contribution in [3.8, 4) is 12.3 Å². The smallest absolute Gasteiger partial charge is 0.307 e. The van der Waals surface area contributed by atoms with Gasteiger partial charge in [-0.15, -0.1) is 17.4 Å². The maximum Gasteiger partial charge on any atom is 0.307 e. The summed E-state index contributed by atoms with van der Waals surface area (Å²) < 4.78 is 7.58. The van der Waals surface area contributed by atoms with E-state index in [1.165, 1.54) is 0 Å². The van der Waals surface area contributed by atoms with Crippen LogP contribution in [-0.4, -0.2) is 132 Å². The number of hydrogen-bond donors (Lipinski definition) is 2. The number of hydrogen-bond acceptors (Lipinski definition) is 8. The van der Waals surface area contributed by atoms with Crippen LogP contribution in [0.3, 0.4) is 0 Å². The van der Waals surface area contributed by atoms with Crippen LogP contribution in [0.1, 0.15) is 64.0 Å². The number of carbonyl (C=O) groups excluding carboxylic acids is 4. The highest BCUT2D eigenvalue weighted by Gasteiger charge is 2.18. The first kappa shape index (κ1) is 37.5. The number of likely N-dealkylation sites (N-methyl/N-ethyl adjacent to an activating group) is 1. The predicted molar refractivity (Wildman–Crippen MR) is 162 cm³/mol. The zero-order valence-corrected chi connectivity index (χ0v) is 26.6. The quantitative estimate of drug-likeness (QED) is 0.0798. The molecule has 0 unspecified atom stereocenters. The molecule has 0 fully saturated rings. The van der Waals surface area contributed by atoms with Crippen LogP contribution in [0.15, 0.2) is 6.20 Å². The lowest BCUT2D eigenvalue weighted by Crippen LogP contribution is -2.44. The van der Waals surface area contributed by atoms with E-state index in [9.17, 15) is 24.3 Å². The Hall–Kier alpha value is -3.50. The first-order valence-electron chi connectivity index (χ1n) is 15.2. The lowest BCUT2D eigenvalue weighted by atomic mass is 10.2. The van der Waals surface area contributed by atoms with Gasteiger partial charge in [0.2, 0.25) is 17.7 Å². The number of terminal acetylenes is 1. The number of aromatic nitrogens is 3. The Labute approximate surface area is 256 Å². The molecule has 0 spiro atoms. The van der Waals surface area contributed by atoms with Crippen molar-refractivity contribution in [3.63, 3.8) is 0 Å². The van der Waals surface area contributed by atoms with Crippen molar-refractivity contribution >= 4 is 23.7 Å². The molecule has 0 aliphatic heterocycles. The molecule has 43 heavy (non-hydrogen) atoms. The average Bonchev–Trinajstić information content (AvgIpc) is 3.40. The van der Waals surface area contributed by atoms with Crippen molar-refractivity contribution in [2.24, 2.45) is 0 Å². The fraction of sp³-hybridized carbons (Fsp3) is 0.733. The Morgan fingerprint density at radius 1 is 1.02 bits per heavy atom.